The van der Waals surface area contributed by atoms with E-state index in [9.17, 15) is 9.59 Å². The predicted molar refractivity (Wildman–Crippen MR) is 58.9 cm³/mol. The number of imide groups is 1. The van der Waals surface area contributed by atoms with Crippen molar-refractivity contribution in [1.82, 2.24) is 25.8 Å². The molecular weight excluding hydrogens is 230 g/mol. The summed E-state index contributed by atoms with van der Waals surface area (Å²) >= 11 is 1.20. The molecule has 0 aliphatic carbocycles. The molecule has 1 heterocycles. The Morgan fingerprint density at radius 1 is 1.62 bits per heavy atom. The third-order valence-corrected chi connectivity index (χ3v) is 2.61. The molecule has 0 saturated heterocycles. The van der Waals surface area contributed by atoms with Crippen LogP contribution in [0.15, 0.2) is 11.5 Å². The number of urea groups is 1. The zero-order valence-electron chi connectivity index (χ0n) is 8.98. The highest BCUT2D eigenvalue weighted by Crippen LogP contribution is 2.17. The first-order chi connectivity index (χ1) is 7.63. The summed E-state index contributed by atoms with van der Waals surface area (Å²) in [6.07, 6.45) is 1.36. The van der Waals surface area contributed by atoms with Crippen LogP contribution in [0.4, 0.5) is 4.79 Å². The summed E-state index contributed by atoms with van der Waals surface area (Å²) in [6.45, 7) is 3.93. The van der Waals surface area contributed by atoms with E-state index in [1.165, 1.54) is 18.1 Å². The zero-order chi connectivity index (χ0) is 12.0. The number of nitrogens with one attached hydrogen (secondary N) is 3. The Hall–Kier alpha value is -1.57. The van der Waals surface area contributed by atoms with Gasteiger partial charge < -0.3 is 5.32 Å². The third-order valence-electron chi connectivity index (χ3n) is 1.62. The van der Waals surface area contributed by atoms with Crippen molar-refractivity contribution < 1.29 is 9.59 Å². The van der Waals surface area contributed by atoms with E-state index >= 15 is 0 Å². The van der Waals surface area contributed by atoms with Crippen molar-refractivity contribution in [3.63, 3.8) is 0 Å². The minimum atomic E-state index is -0.488. The van der Waals surface area contributed by atoms with E-state index in [0.717, 1.165) is 0 Å². The Kier molecular flexibility index (Phi) is 4.77. The summed E-state index contributed by atoms with van der Waals surface area (Å²) in [5.41, 5.74) is 0. The third kappa shape index (κ3) is 3.89. The van der Waals surface area contributed by atoms with Gasteiger partial charge in [-0.15, -0.1) is 0 Å². The van der Waals surface area contributed by atoms with Crippen molar-refractivity contribution in [2.45, 2.75) is 24.3 Å². The molecule has 16 heavy (non-hydrogen) atoms. The maximum absolute atomic E-state index is 11.5. The standard InChI is InChI=1S/C8H13N5O2S/c1-3-9-7(15)12-6(14)5(2)16-8-10-4-11-13-8/h4-5H,3H2,1-2H3,(H,10,11,13)(H2,9,12,14,15)/t5-/m0/s1. The van der Waals surface area contributed by atoms with E-state index in [4.69, 9.17) is 0 Å². The fraction of sp³-hybridized carbons (Fsp3) is 0.500. The van der Waals surface area contributed by atoms with Gasteiger partial charge in [-0.2, -0.15) is 5.10 Å². The van der Waals surface area contributed by atoms with Crippen molar-refractivity contribution in [3.8, 4) is 0 Å². The van der Waals surface area contributed by atoms with Crippen LogP contribution in [0.2, 0.25) is 0 Å². The molecular formula is C8H13N5O2S. The Labute approximate surface area is 96.8 Å². The Morgan fingerprint density at radius 3 is 2.94 bits per heavy atom. The maximum atomic E-state index is 11.5. The van der Waals surface area contributed by atoms with Crippen molar-refractivity contribution in [3.05, 3.63) is 6.33 Å². The molecule has 0 saturated carbocycles. The van der Waals surface area contributed by atoms with Gasteiger partial charge in [0, 0.05) is 6.54 Å². The molecule has 0 spiro atoms. The van der Waals surface area contributed by atoms with Crippen LogP contribution in [0, 0.1) is 0 Å². The lowest BCUT2D eigenvalue weighted by Crippen LogP contribution is -2.42. The predicted octanol–water partition coefficient (Wildman–Crippen LogP) is 0.131. The van der Waals surface area contributed by atoms with Gasteiger partial charge in [0.25, 0.3) is 0 Å². The quantitative estimate of drug-likeness (QED) is 0.653. The summed E-state index contributed by atoms with van der Waals surface area (Å²) in [4.78, 5) is 26.4. The molecule has 88 valence electrons. The highest BCUT2D eigenvalue weighted by atomic mass is 32.2. The number of aromatic nitrogens is 3. The van der Waals surface area contributed by atoms with Crippen LogP contribution >= 0.6 is 11.8 Å². The van der Waals surface area contributed by atoms with Gasteiger partial charge in [-0.05, 0) is 13.8 Å². The summed E-state index contributed by atoms with van der Waals surface area (Å²) in [6, 6.07) is -0.488. The maximum Gasteiger partial charge on any atom is 0.321 e. The number of aromatic amines is 1. The zero-order valence-corrected chi connectivity index (χ0v) is 9.80. The second kappa shape index (κ2) is 6.11. The summed E-state index contributed by atoms with van der Waals surface area (Å²) in [5.74, 6) is -0.368. The molecule has 0 aliphatic heterocycles. The summed E-state index contributed by atoms with van der Waals surface area (Å²) in [5, 5.41) is 11.1. The van der Waals surface area contributed by atoms with Gasteiger partial charge in [0.2, 0.25) is 5.91 Å². The lowest BCUT2D eigenvalue weighted by atomic mass is 10.4. The van der Waals surface area contributed by atoms with Crippen molar-refractivity contribution in [2.75, 3.05) is 6.54 Å². The molecule has 0 radical (unpaired) electrons. The molecule has 3 amide bonds. The molecule has 1 rings (SSSR count). The second-order valence-corrected chi connectivity index (χ2v) is 4.23. The molecule has 0 aliphatic rings. The Morgan fingerprint density at radius 2 is 2.38 bits per heavy atom. The lowest BCUT2D eigenvalue weighted by Gasteiger charge is -2.09. The van der Waals surface area contributed by atoms with E-state index in [0.29, 0.717) is 11.7 Å². The minimum absolute atomic E-state index is 0.368. The van der Waals surface area contributed by atoms with Crippen LogP contribution < -0.4 is 10.6 Å². The van der Waals surface area contributed by atoms with Gasteiger partial charge in [0.1, 0.15) is 6.33 Å². The molecule has 0 fully saturated rings. The number of carbonyl (C=O) groups excluding carboxylic acids is 2. The van der Waals surface area contributed by atoms with Crippen LogP contribution in [-0.4, -0.2) is 38.9 Å². The van der Waals surface area contributed by atoms with Gasteiger partial charge in [-0.1, -0.05) is 11.8 Å². The Balaban J connectivity index is 2.39. The van der Waals surface area contributed by atoms with Crippen molar-refractivity contribution in [2.24, 2.45) is 0 Å². The van der Waals surface area contributed by atoms with Crippen LogP contribution in [0.5, 0.6) is 0 Å². The summed E-state index contributed by atoms with van der Waals surface area (Å²) < 4.78 is 0. The van der Waals surface area contributed by atoms with Crippen molar-refractivity contribution >= 4 is 23.7 Å². The van der Waals surface area contributed by atoms with E-state index in [2.05, 4.69) is 25.8 Å². The van der Waals surface area contributed by atoms with Gasteiger partial charge in [-0.3, -0.25) is 15.2 Å². The number of rotatable bonds is 4. The van der Waals surface area contributed by atoms with Crippen LogP contribution in [-0.2, 0) is 4.79 Å². The monoisotopic (exact) mass is 243 g/mol. The van der Waals surface area contributed by atoms with Crippen LogP contribution in [0.1, 0.15) is 13.8 Å². The molecule has 3 N–H and O–H groups in total. The fourth-order valence-corrected chi connectivity index (χ4v) is 1.60. The van der Waals surface area contributed by atoms with E-state index in [-0.39, 0.29) is 5.91 Å². The first-order valence-electron chi connectivity index (χ1n) is 4.74. The average Bonchev–Trinajstić information content (AvgIpc) is 2.70. The van der Waals surface area contributed by atoms with E-state index in [1.54, 1.807) is 13.8 Å². The first kappa shape index (κ1) is 12.5. The highest BCUT2D eigenvalue weighted by molar-refractivity contribution is 8.00. The minimum Gasteiger partial charge on any atom is -0.338 e. The number of thioether (sulfide) groups is 1. The average molecular weight is 243 g/mol. The number of carbonyl (C=O) groups is 2. The second-order valence-electron chi connectivity index (χ2n) is 2.90. The molecule has 1 aromatic rings. The summed E-state index contributed by atoms with van der Waals surface area (Å²) in [7, 11) is 0. The van der Waals surface area contributed by atoms with Gasteiger partial charge >= 0.3 is 6.03 Å². The fourth-order valence-electron chi connectivity index (χ4n) is 0.890. The SMILES string of the molecule is CCNC(=O)NC(=O)[C@H](C)Sc1ncn[nH]1. The number of amides is 3. The Bertz CT molecular complexity index is 353. The smallest absolute Gasteiger partial charge is 0.321 e. The number of nitrogens with zero attached hydrogens (tertiary/aromatic N) is 2. The number of H-pyrrole nitrogens is 1. The highest BCUT2D eigenvalue weighted by Gasteiger charge is 2.17. The molecule has 7 nitrogen and oxygen atoms in total. The van der Waals surface area contributed by atoms with Crippen LogP contribution in [0.25, 0.3) is 0 Å². The topological polar surface area (TPSA) is 99.8 Å². The first-order valence-corrected chi connectivity index (χ1v) is 5.62. The number of hydrogen-bond donors (Lipinski definition) is 3. The van der Waals surface area contributed by atoms with Crippen molar-refractivity contribution in [1.29, 1.82) is 0 Å². The van der Waals surface area contributed by atoms with Gasteiger partial charge in [-0.25, -0.2) is 9.78 Å². The molecule has 8 heteroatoms. The van der Waals surface area contributed by atoms with E-state index in [1.807, 2.05) is 0 Å². The normalized spacial score (nSPS) is 11.9. The van der Waals surface area contributed by atoms with E-state index < -0.39 is 11.3 Å². The molecule has 1 aromatic heterocycles. The molecule has 0 bridgehead atoms. The number of hydrogen-bond acceptors (Lipinski definition) is 5. The molecule has 1 atom stereocenters. The van der Waals surface area contributed by atoms with Crippen LogP contribution in [0.3, 0.4) is 0 Å². The molecule has 0 unspecified atom stereocenters. The largest absolute Gasteiger partial charge is 0.338 e. The van der Waals surface area contributed by atoms with Gasteiger partial charge in [0.05, 0.1) is 5.25 Å². The molecule has 0 aromatic carbocycles. The lowest BCUT2D eigenvalue weighted by molar-refractivity contribution is -0.119. The van der Waals surface area contributed by atoms with Gasteiger partial charge in [0.15, 0.2) is 5.16 Å².